The van der Waals surface area contributed by atoms with E-state index in [4.69, 9.17) is 0 Å². The number of amides is 1. The number of carbonyl (C=O) groups is 1. The lowest BCUT2D eigenvalue weighted by atomic mass is 10.2. The highest BCUT2D eigenvalue weighted by atomic mass is 32.1. The third-order valence-electron chi connectivity index (χ3n) is 1.71. The van der Waals surface area contributed by atoms with E-state index in [1.165, 1.54) is 0 Å². The molecule has 1 aliphatic heterocycles. The van der Waals surface area contributed by atoms with Crippen molar-refractivity contribution in [3.05, 3.63) is 22.4 Å². The Morgan fingerprint density at radius 3 is 3.25 bits per heavy atom. The third-order valence-corrected chi connectivity index (χ3v) is 2.64. The topological polar surface area (TPSA) is 41.5 Å². The Morgan fingerprint density at radius 2 is 2.58 bits per heavy atom. The highest BCUT2D eigenvalue weighted by molar-refractivity contribution is 7.10. The summed E-state index contributed by atoms with van der Waals surface area (Å²) >= 11 is 1.58. The first-order chi connectivity index (χ1) is 5.88. The van der Waals surface area contributed by atoms with Crippen LogP contribution in [0.1, 0.15) is 10.9 Å². The first-order valence-corrected chi connectivity index (χ1v) is 4.59. The molecule has 1 aromatic rings. The zero-order valence-corrected chi connectivity index (χ0v) is 7.17. The van der Waals surface area contributed by atoms with Gasteiger partial charge in [0.05, 0.1) is 0 Å². The fourth-order valence-corrected chi connectivity index (χ4v) is 1.94. The molecule has 0 bridgehead atoms. The van der Waals surface area contributed by atoms with Gasteiger partial charge in [-0.05, 0) is 11.4 Å². The molecule has 1 unspecified atom stereocenters. The maximum absolute atomic E-state index is 11.2. The van der Waals surface area contributed by atoms with Crippen molar-refractivity contribution in [3.63, 3.8) is 0 Å². The molecule has 0 saturated carbocycles. The first-order valence-electron chi connectivity index (χ1n) is 3.71. The Kier molecular flexibility index (Phi) is 2.01. The molecule has 1 amide bonds. The molecule has 2 rings (SSSR count). The van der Waals surface area contributed by atoms with Gasteiger partial charge >= 0.3 is 0 Å². The number of nitrogens with one attached hydrogen (secondary N) is 1. The zero-order chi connectivity index (χ0) is 8.39. The van der Waals surface area contributed by atoms with Gasteiger partial charge in [0.25, 0.3) is 5.91 Å². The zero-order valence-electron chi connectivity index (χ0n) is 6.36. The van der Waals surface area contributed by atoms with E-state index in [0.29, 0.717) is 6.54 Å². The molecule has 1 atom stereocenters. The number of thiophene rings is 1. The van der Waals surface area contributed by atoms with Crippen molar-refractivity contribution in [1.29, 1.82) is 0 Å². The molecule has 1 aromatic heterocycles. The lowest BCUT2D eigenvalue weighted by molar-refractivity contribution is -0.120. The molecule has 0 fully saturated rings. The van der Waals surface area contributed by atoms with Crippen LogP contribution in [0.2, 0.25) is 0 Å². The monoisotopic (exact) mass is 180 g/mol. The van der Waals surface area contributed by atoms with Gasteiger partial charge in [-0.25, -0.2) is 4.99 Å². The molecular weight excluding hydrogens is 172 g/mol. The lowest BCUT2D eigenvalue weighted by Crippen LogP contribution is -2.32. The molecule has 1 aliphatic rings. The molecule has 1 N–H and O–H groups in total. The summed E-state index contributed by atoms with van der Waals surface area (Å²) in [5.41, 5.74) is 0. The van der Waals surface area contributed by atoms with Crippen LogP contribution in [0.5, 0.6) is 0 Å². The molecule has 62 valence electrons. The minimum atomic E-state index is -0.213. The standard InChI is InChI=1S/C8H8N2OS/c11-8-7(9-3-4-10-8)6-2-1-5-12-6/h1-2,4-5,7,9H,3H2. The summed E-state index contributed by atoms with van der Waals surface area (Å²) in [4.78, 5) is 16.0. The minimum absolute atomic E-state index is 0.0938. The smallest absolute Gasteiger partial charge is 0.267 e. The molecule has 2 heterocycles. The van der Waals surface area contributed by atoms with Gasteiger partial charge in [0.1, 0.15) is 6.04 Å². The normalized spacial score (nSPS) is 23.0. The van der Waals surface area contributed by atoms with Gasteiger partial charge in [0.2, 0.25) is 0 Å². The van der Waals surface area contributed by atoms with Crippen LogP contribution in [-0.4, -0.2) is 18.7 Å². The van der Waals surface area contributed by atoms with Crippen LogP contribution in [0.25, 0.3) is 0 Å². The number of nitrogens with zero attached hydrogens (tertiary/aromatic N) is 1. The van der Waals surface area contributed by atoms with Gasteiger partial charge in [0, 0.05) is 17.6 Å². The predicted octanol–water partition coefficient (Wildman–Crippen LogP) is 0.990. The summed E-state index contributed by atoms with van der Waals surface area (Å²) in [7, 11) is 0. The molecular formula is C8H8N2OS. The summed E-state index contributed by atoms with van der Waals surface area (Å²) in [6, 6.07) is 3.67. The van der Waals surface area contributed by atoms with Crippen LogP contribution >= 0.6 is 11.3 Å². The summed E-state index contributed by atoms with van der Waals surface area (Å²) in [5.74, 6) is -0.0938. The van der Waals surface area contributed by atoms with Crippen LogP contribution in [-0.2, 0) is 4.79 Å². The predicted molar refractivity (Wildman–Crippen MR) is 48.6 cm³/mol. The molecule has 0 saturated heterocycles. The van der Waals surface area contributed by atoms with Crippen LogP contribution in [0.4, 0.5) is 0 Å². The number of rotatable bonds is 1. The third kappa shape index (κ3) is 1.31. The Morgan fingerprint density at radius 1 is 1.67 bits per heavy atom. The largest absolute Gasteiger partial charge is 0.296 e. The Hall–Kier alpha value is -1.00. The van der Waals surface area contributed by atoms with Crippen molar-refractivity contribution in [1.82, 2.24) is 5.32 Å². The van der Waals surface area contributed by atoms with Crippen LogP contribution in [0.15, 0.2) is 22.5 Å². The van der Waals surface area contributed by atoms with Gasteiger partial charge in [-0.15, -0.1) is 11.3 Å². The molecule has 12 heavy (non-hydrogen) atoms. The lowest BCUT2D eigenvalue weighted by Gasteiger charge is -2.15. The van der Waals surface area contributed by atoms with Crippen molar-refractivity contribution in [3.8, 4) is 0 Å². The minimum Gasteiger partial charge on any atom is -0.296 e. The van der Waals surface area contributed by atoms with E-state index in [1.54, 1.807) is 17.6 Å². The second-order valence-electron chi connectivity index (χ2n) is 2.51. The van der Waals surface area contributed by atoms with Crippen LogP contribution < -0.4 is 5.32 Å². The SMILES string of the molecule is O=C1N=CCNC1c1cccs1. The number of carbonyl (C=O) groups excluding carboxylic acids is 1. The number of hydrogen-bond donors (Lipinski definition) is 1. The van der Waals surface area contributed by atoms with Crippen LogP contribution in [0.3, 0.4) is 0 Å². The Balaban J connectivity index is 2.25. The molecule has 4 heteroatoms. The summed E-state index contributed by atoms with van der Waals surface area (Å²) in [6.45, 7) is 0.675. The van der Waals surface area contributed by atoms with E-state index in [1.807, 2.05) is 17.5 Å². The van der Waals surface area contributed by atoms with Crippen molar-refractivity contribution in [2.45, 2.75) is 6.04 Å². The second kappa shape index (κ2) is 3.16. The van der Waals surface area contributed by atoms with E-state index in [0.717, 1.165) is 4.88 Å². The van der Waals surface area contributed by atoms with E-state index < -0.39 is 0 Å². The fourth-order valence-electron chi connectivity index (χ4n) is 1.15. The fraction of sp³-hybridized carbons (Fsp3) is 0.250. The van der Waals surface area contributed by atoms with Gasteiger partial charge in [0.15, 0.2) is 0 Å². The maximum atomic E-state index is 11.2. The van der Waals surface area contributed by atoms with E-state index in [9.17, 15) is 4.79 Å². The van der Waals surface area contributed by atoms with E-state index in [-0.39, 0.29) is 11.9 Å². The highest BCUT2D eigenvalue weighted by Crippen LogP contribution is 2.20. The van der Waals surface area contributed by atoms with Gasteiger partial charge in [-0.3, -0.25) is 10.1 Å². The molecule has 0 radical (unpaired) electrons. The number of hydrogen-bond acceptors (Lipinski definition) is 3. The number of aliphatic imine (C=N–C) groups is 1. The summed E-state index contributed by atoms with van der Waals surface area (Å²) in [5, 5.41) is 5.04. The molecule has 3 nitrogen and oxygen atoms in total. The maximum Gasteiger partial charge on any atom is 0.267 e. The molecule has 0 aromatic carbocycles. The van der Waals surface area contributed by atoms with E-state index in [2.05, 4.69) is 10.3 Å². The van der Waals surface area contributed by atoms with Crippen molar-refractivity contribution in [2.75, 3.05) is 6.54 Å². The van der Waals surface area contributed by atoms with Gasteiger partial charge in [-0.2, -0.15) is 0 Å². The van der Waals surface area contributed by atoms with Crippen LogP contribution in [0, 0.1) is 0 Å². The highest BCUT2D eigenvalue weighted by Gasteiger charge is 2.21. The quantitative estimate of drug-likeness (QED) is 0.700. The first kappa shape index (κ1) is 7.64. The van der Waals surface area contributed by atoms with Gasteiger partial charge in [-0.1, -0.05) is 6.07 Å². The van der Waals surface area contributed by atoms with E-state index >= 15 is 0 Å². The van der Waals surface area contributed by atoms with Crippen molar-refractivity contribution in [2.24, 2.45) is 4.99 Å². The Bertz CT molecular complexity index is 305. The summed E-state index contributed by atoms with van der Waals surface area (Å²) < 4.78 is 0. The molecule has 0 spiro atoms. The summed E-state index contributed by atoms with van der Waals surface area (Å²) in [6.07, 6.45) is 1.60. The Labute approximate surface area is 74.1 Å². The van der Waals surface area contributed by atoms with Crippen molar-refractivity contribution < 1.29 is 4.79 Å². The average Bonchev–Trinajstić information content (AvgIpc) is 2.57. The second-order valence-corrected chi connectivity index (χ2v) is 3.49. The molecule has 0 aliphatic carbocycles. The van der Waals surface area contributed by atoms with Crippen molar-refractivity contribution >= 4 is 23.5 Å². The average molecular weight is 180 g/mol. The van der Waals surface area contributed by atoms with Gasteiger partial charge < -0.3 is 0 Å².